The molecule has 2 amide bonds. The van der Waals surface area contributed by atoms with E-state index >= 15 is 0 Å². The maximum absolute atomic E-state index is 12.4. The van der Waals surface area contributed by atoms with Gasteiger partial charge in [-0.25, -0.2) is 0 Å². The van der Waals surface area contributed by atoms with Crippen LogP contribution in [0.2, 0.25) is 0 Å². The lowest BCUT2D eigenvalue weighted by atomic mass is 9.88. The summed E-state index contributed by atoms with van der Waals surface area (Å²) in [5.74, 6) is 0.738. The summed E-state index contributed by atoms with van der Waals surface area (Å²) in [7, 11) is 0. The van der Waals surface area contributed by atoms with Crippen molar-refractivity contribution in [3.05, 3.63) is 0 Å². The van der Waals surface area contributed by atoms with Crippen LogP contribution >= 0.6 is 0 Å². The number of carbonyl (C=O) groups is 2. The van der Waals surface area contributed by atoms with Crippen LogP contribution in [-0.2, 0) is 9.59 Å². The molecule has 1 heterocycles. The molecule has 5 nitrogen and oxygen atoms in total. The Morgan fingerprint density at radius 1 is 0.950 bits per heavy atom. The number of carbonyl (C=O) groups excluding carboxylic acids is 2. The normalized spacial score (nSPS) is 21.1. The number of hydrogen-bond acceptors (Lipinski definition) is 3. The molecule has 2 aliphatic rings. The van der Waals surface area contributed by atoms with Crippen molar-refractivity contribution in [1.29, 1.82) is 0 Å². The Balaban J connectivity index is 1.75. The monoisotopic (exact) mass is 281 g/mol. The standard InChI is InChI=1S/C15H27N3O2/c16-8-4-7-14(19)17-9-11-18(12-10-17)15(20)13-5-2-1-3-6-13/h13H,1-12,16H2. The Labute approximate surface area is 121 Å². The van der Waals surface area contributed by atoms with Crippen LogP contribution in [0.25, 0.3) is 0 Å². The highest BCUT2D eigenvalue weighted by atomic mass is 16.2. The lowest BCUT2D eigenvalue weighted by Gasteiger charge is -2.37. The van der Waals surface area contributed by atoms with Gasteiger partial charge in [-0.15, -0.1) is 0 Å². The molecule has 0 bridgehead atoms. The van der Waals surface area contributed by atoms with Crippen LogP contribution in [0.15, 0.2) is 0 Å². The van der Waals surface area contributed by atoms with Crippen molar-refractivity contribution in [2.75, 3.05) is 32.7 Å². The van der Waals surface area contributed by atoms with Gasteiger partial charge in [0.25, 0.3) is 0 Å². The first kappa shape index (κ1) is 15.3. The van der Waals surface area contributed by atoms with E-state index in [1.807, 2.05) is 9.80 Å². The number of hydrogen-bond donors (Lipinski definition) is 1. The molecule has 0 aromatic rings. The number of piperazine rings is 1. The van der Waals surface area contributed by atoms with E-state index in [4.69, 9.17) is 5.73 Å². The molecule has 1 saturated heterocycles. The summed E-state index contributed by atoms with van der Waals surface area (Å²) in [5, 5.41) is 0. The molecule has 114 valence electrons. The van der Waals surface area contributed by atoms with E-state index in [0.29, 0.717) is 45.1 Å². The summed E-state index contributed by atoms with van der Waals surface area (Å²) in [5.41, 5.74) is 5.43. The number of nitrogens with two attached hydrogens (primary N) is 1. The molecule has 2 rings (SSSR count). The Morgan fingerprint density at radius 2 is 1.55 bits per heavy atom. The second-order valence-corrected chi connectivity index (χ2v) is 5.93. The molecule has 2 N–H and O–H groups in total. The van der Waals surface area contributed by atoms with Crippen molar-refractivity contribution in [2.24, 2.45) is 11.7 Å². The summed E-state index contributed by atoms with van der Waals surface area (Å²) in [4.78, 5) is 28.1. The molecule has 1 aliphatic carbocycles. The van der Waals surface area contributed by atoms with Crippen LogP contribution in [0.3, 0.4) is 0 Å². The quantitative estimate of drug-likeness (QED) is 0.835. The van der Waals surface area contributed by atoms with Crippen LogP contribution in [-0.4, -0.2) is 54.3 Å². The zero-order valence-corrected chi connectivity index (χ0v) is 12.4. The van der Waals surface area contributed by atoms with Gasteiger partial charge in [0.15, 0.2) is 0 Å². The minimum Gasteiger partial charge on any atom is -0.339 e. The second-order valence-electron chi connectivity index (χ2n) is 5.93. The van der Waals surface area contributed by atoms with Crippen LogP contribution < -0.4 is 5.73 Å². The smallest absolute Gasteiger partial charge is 0.225 e. The average molecular weight is 281 g/mol. The molecule has 0 spiro atoms. The third-order valence-corrected chi connectivity index (χ3v) is 4.49. The van der Waals surface area contributed by atoms with Gasteiger partial charge in [-0.1, -0.05) is 19.3 Å². The molecule has 1 saturated carbocycles. The molecular weight excluding hydrogens is 254 g/mol. The van der Waals surface area contributed by atoms with E-state index in [-0.39, 0.29) is 11.8 Å². The maximum atomic E-state index is 12.4. The van der Waals surface area contributed by atoms with Crippen LogP contribution in [0.4, 0.5) is 0 Å². The van der Waals surface area contributed by atoms with Crippen molar-refractivity contribution in [1.82, 2.24) is 9.80 Å². The highest BCUT2D eigenvalue weighted by molar-refractivity contribution is 5.80. The van der Waals surface area contributed by atoms with Crippen LogP contribution in [0.5, 0.6) is 0 Å². The molecule has 0 unspecified atom stereocenters. The summed E-state index contributed by atoms with van der Waals surface area (Å²) in [6, 6.07) is 0. The predicted molar refractivity (Wildman–Crippen MR) is 78.0 cm³/mol. The van der Waals surface area contributed by atoms with Gasteiger partial charge in [0.05, 0.1) is 0 Å². The molecule has 5 heteroatoms. The number of amides is 2. The molecule has 20 heavy (non-hydrogen) atoms. The molecule has 1 aliphatic heterocycles. The molecular formula is C15H27N3O2. The Morgan fingerprint density at radius 3 is 2.15 bits per heavy atom. The van der Waals surface area contributed by atoms with Gasteiger partial charge >= 0.3 is 0 Å². The van der Waals surface area contributed by atoms with Crippen molar-refractivity contribution in [3.63, 3.8) is 0 Å². The maximum Gasteiger partial charge on any atom is 0.225 e. The van der Waals surface area contributed by atoms with E-state index in [1.165, 1.54) is 19.3 Å². The SMILES string of the molecule is NCCCC(=O)N1CCN(C(=O)C2CCCCC2)CC1. The van der Waals surface area contributed by atoms with Crippen molar-refractivity contribution < 1.29 is 9.59 Å². The van der Waals surface area contributed by atoms with E-state index in [9.17, 15) is 9.59 Å². The van der Waals surface area contributed by atoms with Crippen molar-refractivity contribution in [3.8, 4) is 0 Å². The van der Waals surface area contributed by atoms with Gasteiger partial charge in [-0.2, -0.15) is 0 Å². The van der Waals surface area contributed by atoms with Gasteiger partial charge in [0.2, 0.25) is 11.8 Å². The Kier molecular flexibility index (Phi) is 5.83. The first-order valence-electron chi connectivity index (χ1n) is 7.99. The minimum absolute atomic E-state index is 0.181. The number of rotatable bonds is 4. The lowest BCUT2D eigenvalue weighted by Crippen LogP contribution is -2.52. The van der Waals surface area contributed by atoms with E-state index in [1.54, 1.807) is 0 Å². The highest BCUT2D eigenvalue weighted by Crippen LogP contribution is 2.25. The Bertz CT molecular complexity index is 332. The molecule has 2 fully saturated rings. The Hall–Kier alpha value is -1.10. The van der Waals surface area contributed by atoms with Gasteiger partial charge in [-0.05, 0) is 25.8 Å². The topological polar surface area (TPSA) is 66.6 Å². The van der Waals surface area contributed by atoms with Gasteiger partial charge < -0.3 is 15.5 Å². The fraction of sp³-hybridized carbons (Fsp3) is 0.867. The van der Waals surface area contributed by atoms with E-state index < -0.39 is 0 Å². The van der Waals surface area contributed by atoms with Crippen molar-refractivity contribution in [2.45, 2.75) is 44.9 Å². The molecule has 0 aromatic heterocycles. The zero-order valence-electron chi connectivity index (χ0n) is 12.4. The largest absolute Gasteiger partial charge is 0.339 e. The fourth-order valence-corrected chi connectivity index (χ4v) is 3.20. The molecule has 0 aromatic carbocycles. The van der Waals surface area contributed by atoms with Gasteiger partial charge in [0, 0.05) is 38.5 Å². The average Bonchev–Trinajstić information content (AvgIpc) is 2.53. The predicted octanol–water partition coefficient (Wildman–Crippen LogP) is 0.976. The summed E-state index contributed by atoms with van der Waals surface area (Å²) in [6.07, 6.45) is 7.03. The van der Waals surface area contributed by atoms with Gasteiger partial charge in [-0.3, -0.25) is 9.59 Å². The van der Waals surface area contributed by atoms with Gasteiger partial charge in [0.1, 0.15) is 0 Å². The lowest BCUT2D eigenvalue weighted by molar-refractivity contribution is -0.142. The zero-order chi connectivity index (χ0) is 14.4. The summed E-state index contributed by atoms with van der Waals surface area (Å²) in [6.45, 7) is 3.32. The van der Waals surface area contributed by atoms with Crippen LogP contribution in [0.1, 0.15) is 44.9 Å². The first-order valence-corrected chi connectivity index (χ1v) is 7.99. The summed E-state index contributed by atoms with van der Waals surface area (Å²) >= 11 is 0. The first-order chi connectivity index (χ1) is 9.72. The third kappa shape index (κ3) is 3.95. The minimum atomic E-state index is 0.181. The fourth-order valence-electron chi connectivity index (χ4n) is 3.20. The molecule has 0 atom stereocenters. The number of nitrogens with zero attached hydrogens (tertiary/aromatic N) is 2. The third-order valence-electron chi connectivity index (χ3n) is 4.49. The molecule has 0 radical (unpaired) electrons. The summed E-state index contributed by atoms with van der Waals surface area (Å²) < 4.78 is 0. The van der Waals surface area contributed by atoms with Crippen LogP contribution in [0, 0.1) is 5.92 Å². The second kappa shape index (κ2) is 7.62. The van der Waals surface area contributed by atoms with E-state index in [0.717, 1.165) is 19.3 Å². The highest BCUT2D eigenvalue weighted by Gasteiger charge is 2.29. The van der Waals surface area contributed by atoms with Crippen molar-refractivity contribution >= 4 is 11.8 Å². The van der Waals surface area contributed by atoms with E-state index in [2.05, 4.69) is 0 Å².